The summed E-state index contributed by atoms with van der Waals surface area (Å²) in [6.45, 7) is -1.24. The molecule has 2 aliphatic rings. The zero-order valence-electron chi connectivity index (χ0n) is 15.1. The van der Waals surface area contributed by atoms with Gasteiger partial charge in [-0.1, -0.05) is 30.3 Å². The van der Waals surface area contributed by atoms with Crippen LogP contribution in [0, 0.1) is 0 Å². The van der Waals surface area contributed by atoms with Crippen molar-refractivity contribution in [2.45, 2.75) is 55.3 Å². The highest BCUT2D eigenvalue weighted by Gasteiger charge is 2.50. The molecule has 8 atom stereocenters. The lowest BCUT2D eigenvalue weighted by Crippen LogP contribution is -2.59. The summed E-state index contributed by atoms with van der Waals surface area (Å²) in [7, 11) is 0. The fourth-order valence-electron chi connectivity index (χ4n) is 3.07. The molecule has 3 rings (SSSR count). The quantitative estimate of drug-likeness (QED) is 0.287. The van der Waals surface area contributed by atoms with Gasteiger partial charge in [0.1, 0.15) is 36.1 Å². The van der Waals surface area contributed by atoms with Gasteiger partial charge in [0.05, 0.1) is 26.4 Å². The average Bonchev–Trinajstić information content (AvgIpc) is 3.00. The van der Waals surface area contributed by atoms with Gasteiger partial charge in [0.25, 0.3) is 0 Å². The van der Waals surface area contributed by atoms with E-state index in [0.717, 1.165) is 5.56 Å². The van der Waals surface area contributed by atoms with E-state index in [0.29, 0.717) is 0 Å². The standard InChI is InChI=1S/C18H26O10/c19-8-18(24)9-27-17(15(18)23)26-7-11-12(20)13(21)14(22)16(28-11)25-6-10-4-2-1-3-5-10/h1-5,11-17,19-24H,6-9H2/t11-,12-,13+,14-,15+,16-,17-,18-/m1/s1. The molecule has 0 radical (unpaired) electrons. The van der Waals surface area contributed by atoms with Crippen molar-refractivity contribution in [3.05, 3.63) is 35.9 Å². The van der Waals surface area contributed by atoms with E-state index in [-0.39, 0.29) is 19.8 Å². The highest BCUT2D eigenvalue weighted by Crippen LogP contribution is 2.27. The first-order chi connectivity index (χ1) is 13.4. The van der Waals surface area contributed by atoms with E-state index < -0.39 is 55.3 Å². The van der Waals surface area contributed by atoms with E-state index in [1.54, 1.807) is 0 Å². The lowest BCUT2D eigenvalue weighted by molar-refractivity contribution is -0.312. The maximum absolute atomic E-state index is 10.1. The van der Waals surface area contributed by atoms with Gasteiger partial charge >= 0.3 is 0 Å². The van der Waals surface area contributed by atoms with E-state index in [2.05, 4.69) is 0 Å². The van der Waals surface area contributed by atoms with Crippen LogP contribution in [0.15, 0.2) is 30.3 Å². The summed E-state index contributed by atoms with van der Waals surface area (Å²) < 4.78 is 21.5. The van der Waals surface area contributed by atoms with Gasteiger partial charge in [-0.3, -0.25) is 0 Å². The third-order valence-electron chi connectivity index (χ3n) is 4.93. The smallest absolute Gasteiger partial charge is 0.187 e. The predicted molar refractivity (Wildman–Crippen MR) is 91.6 cm³/mol. The number of rotatable bonds is 7. The van der Waals surface area contributed by atoms with Crippen molar-refractivity contribution in [2.75, 3.05) is 19.8 Å². The molecule has 0 spiro atoms. The summed E-state index contributed by atoms with van der Waals surface area (Å²) in [5.41, 5.74) is -1.01. The second kappa shape index (κ2) is 9.09. The minimum Gasteiger partial charge on any atom is -0.393 e. The fourth-order valence-corrected chi connectivity index (χ4v) is 3.07. The van der Waals surface area contributed by atoms with Crippen LogP contribution in [0.3, 0.4) is 0 Å². The Labute approximate surface area is 161 Å². The minimum absolute atomic E-state index is 0.118. The van der Waals surface area contributed by atoms with Crippen molar-refractivity contribution in [1.29, 1.82) is 0 Å². The van der Waals surface area contributed by atoms with Gasteiger partial charge in [-0.2, -0.15) is 0 Å². The lowest BCUT2D eigenvalue weighted by Gasteiger charge is -2.40. The zero-order valence-corrected chi connectivity index (χ0v) is 15.1. The molecule has 0 unspecified atom stereocenters. The third kappa shape index (κ3) is 4.52. The molecule has 1 aromatic rings. The molecule has 2 heterocycles. The molecule has 0 bridgehead atoms. The van der Waals surface area contributed by atoms with Crippen LogP contribution in [-0.2, 0) is 25.6 Å². The van der Waals surface area contributed by atoms with Crippen molar-refractivity contribution in [1.82, 2.24) is 0 Å². The first kappa shape index (κ1) is 21.5. The number of ether oxygens (including phenoxy) is 4. The lowest BCUT2D eigenvalue weighted by atomic mass is 9.99. The van der Waals surface area contributed by atoms with Crippen LogP contribution in [0.2, 0.25) is 0 Å². The van der Waals surface area contributed by atoms with E-state index >= 15 is 0 Å². The van der Waals surface area contributed by atoms with Crippen molar-refractivity contribution < 1.29 is 49.6 Å². The van der Waals surface area contributed by atoms with Crippen molar-refractivity contribution >= 4 is 0 Å². The highest BCUT2D eigenvalue weighted by atomic mass is 16.7. The number of aliphatic hydroxyl groups is 6. The summed E-state index contributed by atoms with van der Waals surface area (Å²) in [6, 6.07) is 9.14. The molecule has 0 aromatic heterocycles. The molecule has 0 amide bonds. The maximum atomic E-state index is 10.1. The zero-order chi connectivity index (χ0) is 20.3. The Kier molecular flexibility index (Phi) is 6.99. The molecule has 28 heavy (non-hydrogen) atoms. The summed E-state index contributed by atoms with van der Waals surface area (Å²) in [4.78, 5) is 0. The molecule has 1 aromatic carbocycles. The number of hydrogen-bond donors (Lipinski definition) is 6. The topological polar surface area (TPSA) is 158 Å². The summed E-state index contributed by atoms with van der Waals surface area (Å²) in [6.07, 6.45) is -9.52. The van der Waals surface area contributed by atoms with Gasteiger partial charge in [0, 0.05) is 0 Å². The van der Waals surface area contributed by atoms with Crippen LogP contribution >= 0.6 is 0 Å². The normalized spacial score (nSPS) is 41.3. The number of benzene rings is 1. The Morgan fingerprint density at radius 2 is 1.68 bits per heavy atom. The summed E-state index contributed by atoms with van der Waals surface area (Å²) >= 11 is 0. The Hall–Kier alpha value is -1.18. The van der Waals surface area contributed by atoms with E-state index in [4.69, 9.17) is 24.1 Å². The molecule has 0 saturated carbocycles. The van der Waals surface area contributed by atoms with Crippen molar-refractivity contribution in [3.63, 3.8) is 0 Å². The van der Waals surface area contributed by atoms with E-state index in [9.17, 15) is 25.5 Å². The van der Waals surface area contributed by atoms with E-state index in [1.165, 1.54) is 0 Å². The average molecular weight is 402 g/mol. The van der Waals surface area contributed by atoms with E-state index in [1.807, 2.05) is 30.3 Å². The van der Waals surface area contributed by atoms with Gasteiger partial charge in [0.2, 0.25) is 0 Å². The molecule has 10 nitrogen and oxygen atoms in total. The SMILES string of the molecule is OC[C@@]1(O)CO[C@@H](OC[C@H]2O[C@@H](OCc3ccccc3)[C@H](O)[C@@H](O)[C@@H]2O)[C@@H]1O. The molecule has 6 N–H and O–H groups in total. The van der Waals surface area contributed by atoms with Crippen molar-refractivity contribution in [3.8, 4) is 0 Å². The minimum atomic E-state index is -1.84. The molecule has 2 saturated heterocycles. The Morgan fingerprint density at radius 3 is 2.32 bits per heavy atom. The third-order valence-corrected chi connectivity index (χ3v) is 4.93. The number of hydrogen-bond acceptors (Lipinski definition) is 10. The molecule has 2 fully saturated rings. The summed E-state index contributed by atoms with van der Waals surface area (Å²) in [5.74, 6) is 0. The first-order valence-electron chi connectivity index (χ1n) is 8.95. The van der Waals surface area contributed by atoms with Crippen molar-refractivity contribution in [2.24, 2.45) is 0 Å². The monoisotopic (exact) mass is 402 g/mol. The second-order valence-electron chi connectivity index (χ2n) is 7.03. The van der Waals surface area contributed by atoms with Gasteiger partial charge < -0.3 is 49.6 Å². The summed E-state index contributed by atoms with van der Waals surface area (Å²) in [5, 5.41) is 59.4. The molecular weight excluding hydrogens is 376 g/mol. The molecule has 158 valence electrons. The van der Waals surface area contributed by atoms with Gasteiger partial charge in [-0.05, 0) is 5.56 Å². The molecular formula is C18H26O10. The Balaban J connectivity index is 1.56. The Bertz CT molecular complexity index is 616. The van der Waals surface area contributed by atoms with Gasteiger partial charge in [-0.25, -0.2) is 0 Å². The largest absolute Gasteiger partial charge is 0.393 e. The predicted octanol–water partition coefficient (Wildman–Crippen LogP) is -2.53. The number of aliphatic hydroxyl groups excluding tert-OH is 5. The first-order valence-corrected chi connectivity index (χ1v) is 8.95. The maximum Gasteiger partial charge on any atom is 0.187 e. The van der Waals surface area contributed by atoms with Crippen LogP contribution in [0.25, 0.3) is 0 Å². The fraction of sp³-hybridized carbons (Fsp3) is 0.667. The molecule has 10 heteroatoms. The van der Waals surface area contributed by atoms with Gasteiger partial charge in [-0.15, -0.1) is 0 Å². The highest BCUT2D eigenvalue weighted by molar-refractivity contribution is 5.13. The molecule has 0 aliphatic carbocycles. The van der Waals surface area contributed by atoms with Crippen LogP contribution in [0.4, 0.5) is 0 Å². The van der Waals surface area contributed by atoms with Crippen LogP contribution in [0.5, 0.6) is 0 Å². The van der Waals surface area contributed by atoms with Crippen LogP contribution in [-0.4, -0.2) is 99.2 Å². The Morgan fingerprint density at radius 1 is 0.964 bits per heavy atom. The van der Waals surface area contributed by atoms with Crippen LogP contribution < -0.4 is 0 Å². The van der Waals surface area contributed by atoms with Gasteiger partial charge in [0.15, 0.2) is 12.6 Å². The van der Waals surface area contributed by atoms with Crippen LogP contribution in [0.1, 0.15) is 5.56 Å². The molecule has 2 aliphatic heterocycles. The second-order valence-corrected chi connectivity index (χ2v) is 7.03.